The Labute approximate surface area is 115 Å². The van der Waals surface area contributed by atoms with E-state index in [1.807, 2.05) is 0 Å². The summed E-state index contributed by atoms with van der Waals surface area (Å²) in [6.07, 6.45) is 4.21. The lowest BCUT2D eigenvalue weighted by Gasteiger charge is -2.19. The van der Waals surface area contributed by atoms with Crippen LogP contribution in [0.2, 0.25) is 0 Å². The second kappa shape index (κ2) is 5.79. The number of carbonyl (C=O) groups excluding carboxylic acids is 1. The van der Waals surface area contributed by atoms with E-state index in [-0.39, 0.29) is 11.7 Å². The van der Waals surface area contributed by atoms with Crippen LogP contribution in [0.4, 0.5) is 5.69 Å². The molecule has 0 bridgehead atoms. The van der Waals surface area contributed by atoms with Gasteiger partial charge in [-0.15, -0.1) is 0 Å². The van der Waals surface area contributed by atoms with Gasteiger partial charge >= 0.3 is 0 Å². The lowest BCUT2D eigenvalue weighted by Crippen LogP contribution is -2.29. The van der Waals surface area contributed by atoms with Crippen molar-refractivity contribution in [2.24, 2.45) is 10.9 Å². The van der Waals surface area contributed by atoms with Gasteiger partial charge in [-0.2, -0.15) is 0 Å². The maximum atomic E-state index is 12.3. The fourth-order valence-electron chi connectivity index (χ4n) is 1.75. The van der Waals surface area contributed by atoms with E-state index in [9.17, 15) is 4.79 Å². The summed E-state index contributed by atoms with van der Waals surface area (Å²) in [4.78, 5) is 21.3. The second-order valence-electron chi connectivity index (χ2n) is 3.99. The first-order chi connectivity index (χ1) is 9.65. The molecule has 0 aliphatic carbocycles. The molecule has 1 heterocycles. The highest BCUT2D eigenvalue weighted by Crippen LogP contribution is 2.20. The average Bonchev–Trinajstić information content (AvgIpc) is 2.53. The summed E-state index contributed by atoms with van der Waals surface area (Å²) in [6, 6.07) is 6.86. The predicted octanol–water partition coefficient (Wildman–Crippen LogP) is 0.848. The smallest absolute Gasteiger partial charge is 0.261 e. The second-order valence-corrected chi connectivity index (χ2v) is 3.99. The van der Waals surface area contributed by atoms with Gasteiger partial charge in [-0.25, -0.2) is 9.97 Å². The zero-order valence-corrected chi connectivity index (χ0v) is 10.8. The number of aromatic nitrogens is 2. The van der Waals surface area contributed by atoms with Crippen molar-refractivity contribution in [3.8, 4) is 0 Å². The third kappa shape index (κ3) is 2.56. The van der Waals surface area contributed by atoms with Crippen LogP contribution in [0.5, 0.6) is 0 Å². The largest absolute Gasteiger partial charge is 0.409 e. The molecule has 0 fully saturated rings. The molecule has 0 aliphatic rings. The SMILES string of the molecule is CN(C(=O)c1cncnc1)c1ccccc1/C(N)=N/O. The van der Waals surface area contributed by atoms with Crippen molar-refractivity contribution in [1.82, 2.24) is 9.97 Å². The van der Waals surface area contributed by atoms with Gasteiger partial charge in [0.05, 0.1) is 11.3 Å². The van der Waals surface area contributed by atoms with Crippen LogP contribution in [0, 0.1) is 0 Å². The number of amidine groups is 1. The number of rotatable bonds is 3. The highest BCUT2D eigenvalue weighted by Gasteiger charge is 2.18. The number of oxime groups is 1. The Morgan fingerprint density at radius 2 is 1.95 bits per heavy atom. The van der Waals surface area contributed by atoms with Crippen molar-refractivity contribution in [1.29, 1.82) is 0 Å². The van der Waals surface area contributed by atoms with Gasteiger partial charge < -0.3 is 15.8 Å². The van der Waals surface area contributed by atoms with Crippen LogP contribution < -0.4 is 10.6 Å². The van der Waals surface area contributed by atoms with Crippen LogP contribution >= 0.6 is 0 Å². The number of amides is 1. The predicted molar refractivity (Wildman–Crippen MR) is 73.7 cm³/mol. The monoisotopic (exact) mass is 271 g/mol. The molecular formula is C13H13N5O2. The van der Waals surface area contributed by atoms with Gasteiger partial charge in [0.2, 0.25) is 0 Å². The summed E-state index contributed by atoms with van der Waals surface area (Å²) in [5.74, 6) is -0.353. The van der Waals surface area contributed by atoms with Crippen LogP contribution in [-0.4, -0.2) is 34.0 Å². The van der Waals surface area contributed by atoms with Crippen molar-refractivity contribution in [2.75, 3.05) is 11.9 Å². The Balaban J connectivity index is 2.39. The van der Waals surface area contributed by atoms with E-state index in [2.05, 4.69) is 15.1 Å². The topological polar surface area (TPSA) is 105 Å². The molecule has 0 saturated carbocycles. The standard InChI is InChI=1S/C13H13N5O2/c1-18(13(19)9-6-15-8-16-7-9)11-5-3-2-4-10(11)12(14)17-20/h2-8,20H,1H3,(H2,14,17). The van der Waals surface area contributed by atoms with Gasteiger partial charge in [0.1, 0.15) is 6.33 Å². The van der Waals surface area contributed by atoms with E-state index in [4.69, 9.17) is 10.9 Å². The van der Waals surface area contributed by atoms with E-state index in [0.29, 0.717) is 16.8 Å². The molecule has 0 unspecified atom stereocenters. The van der Waals surface area contributed by atoms with Crippen molar-refractivity contribution in [2.45, 2.75) is 0 Å². The Morgan fingerprint density at radius 3 is 2.60 bits per heavy atom. The van der Waals surface area contributed by atoms with Gasteiger partial charge in [-0.3, -0.25) is 4.79 Å². The molecule has 1 aromatic carbocycles. The van der Waals surface area contributed by atoms with Crippen LogP contribution in [0.3, 0.4) is 0 Å². The zero-order valence-electron chi connectivity index (χ0n) is 10.8. The third-order valence-electron chi connectivity index (χ3n) is 2.76. The summed E-state index contributed by atoms with van der Waals surface area (Å²) in [5, 5.41) is 11.8. The average molecular weight is 271 g/mol. The minimum Gasteiger partial charge on any atom is -0.409 e. The van der Waals surface area contributed by atoms with E-state index in [1.54, 1.807) is 31.3 Å². The van der Waals surface area contributed by atoms with Crippen LogP contribution in [0.15, 0.2) is 48.1 Å². The summed E-state index contributed by atoms with van der Waals surface area (Å²) >= 11 is 0. The van der Waals surface area contributed by atoms with Crippen LogP contribution in [-0.2, 0) is 0 Å². The zero-order chi connectivity index (χ0) is 14.5. The molecule has 0 saturated heterocycles. The number of carbonyl (C=O) groups is 1. The van der Waals surface area contributed by atoms with Crippen molar-refractivity contribution >= 4 is 17.4 Å². The molecule has 0 atom stereocenters. The summed E-state index contributed by atoms with van der Waals surface area (Å²) in [7, 11) is 1.60. The van der Waals surface area contributed by atoms with Crippen molar-refractivity contribution in [3.05, 3.63) is 54.1 Å². The minimum absolute atomic E-state index is 0.0652. The number of hydrogen-bond donors (Lipinski definition) is 2. The number of nitrogens with zero attached hydrogens (tertiary/aromatic N) is 4. The van der Waals surface area contributed by atoms with Crippen molar-refractivity contribution < 1.29 is 10.0 Å². The Kier molecular flexibility index (Phi) is 3.90. The number of hydrogen-bond acceptors (Lipinski definition) is 5. The molecule has 0 spiro atoms. The van der Waals surface area contributed by atoms with Gasteiger partial charge in [0.25, 0.3) is 5.91 Å². The van der Waals surface area contributed by atoms with E-state index >= 15 is 0 Å². The van der Waals surface area contributed by atoms with E-state index in [1.165, 1.54) is 23.6 Å². The highest BCUT2D eigenvalue weighted by atomic mass is 16.4. The molecule has 3 N–H and O–H groups in total. The highest BCUT2D eigenvalue weighted by molar-refractivity contribution is 6.10. The molecule has 7 heteroatoms. The summed E-state index contributed by atoms with van der Waals surface area (Å²) in [5.41, 5.74) is 6.95. The molecule has 0 radical (unpaired) electrons. The summed E-state index contributed by atoms with van der Waals surface area (Å²) < 4.78 is 0. The first-order valence-corrected chi connectivity index (χ1v) is 5.75. The first-order valence-electron chi connectivity index (χ1n) is 5.75. The van der Waals surface area contributed by atoms with Crippen LogP contribution in [0.1, 0.15) is 15.9 Å². The number of benzene rings is 1. The van der Waals surface area contributed by atoms with E-state index < -0.39 is 0 Å². The first kappa shape index (κ1) is 13.5. The van der Waals surface area contributed by atoms with Gasteiger partial charge in [-0.1, -0.05) is 17.3 Å². The fourth-order valence-corrected chi connectivity index (χ4v) is 1.75. The summed E-state index contributed by atoms with van der Waals surface area (Å²) in [6.45, 7) is 0. The fraction of sp³-hybridized carbons (Fsp3) is 0.0769. The van der Waals surface area contributed by atoms with Gasteiger partial charge in [0, 0.05) is 25.0 Å². The Hall–Kier alpha value is -2.96. The molecule has 1 amide bonds. The molecular weight excluding hydrogens is 258 g/mol. The molecule has 2 aromatic rings. The Bertz CT molecular complexity index is 642. The third-order valence-corrected chi connectivity index (χ3v) is 2.76. The number of anilines is 1. The molecule has 7 nitrogen and oxygen atoms in total. The van der Waals surface area contributed by atoms with Gasteiger partial charge in [-0.05, 0) is 12.1 Å². The molecule has 1 aromatic heterocycles. The molecule has 2 rings (SSSR count). The molecule has 0 aliphatic heterocycles. The maximum Gasteiger partial charge on any atom is 0.261 e. The van der Waals surface area contributed by atoms with Gasteiger partial charge in [0.15, 0.2) is 5.84 Å². The normalized spacial score (nSPS) is 11.2. The lowest BCUT2D eigenvalue weighted by atomic mass is 10.1. The number of nitrogens with two attached hydrogens (primary N) is 1. The molecule has 102 valence electrons. The lowest BCUT2D eigenvalue weighted by molar-refractivity contribution is 0.0992. The van der Waals surface area contributed by atoms with Crippen LogP contribution in [0.25, 0.3) is 0 Å². The quantitative estimate of drug-likeness (QED) is 0.372. The minimum atomic E-state index is -0.288. The molecule has 20 heavy (non-hydrogen) atoms. The van der Waals surface area contributed by atoms with Crippen molar-refractivity contribution in [3.63, 3.8) is 0 Å². The maximum absolute atomic E-state index is 12.3. The Morgan fingerprint density at radius 1 is 1.30 bits per heavy atom. The number of para-hydroxylation sites is 1. The van der Waals surface area contributed by atoms with E-state index in [0.717, 1.165) is 0 Å².